The quantitative estimate of drug-likeness (QED) is 0.0199. The molecule has 6 heteroatoms. The van der Waals surface area contributed by atoms with E-state index in [4.69, 9.17) is 14.2 Å². The highest BCUT2D eigenvalue weighted by atomic mass is 16.6. The van der Waals surface area contributed by atoms with Crippen LogP contribution in [0.15, 0.2) is 85.1 Å². The number of allylic oxidation sites excluding steroid dienone is 14. The van der Waals surface area contributed by atoms with Crippen LogP contribution in [0.3, 0.4) is 0 Å². The number of esters is 3. The third kappa shape index (κ3) is 51.6. The van der Waals surface area contributed by atoms with Crippen LogP contribution in [-0.4, -0.2) is 37.2 Å². The summed E-state index contributed by atoms with van der Waals surface area (Å²) in [6, 6.07) is 0. The molecule has 1 atom stereocenters. The summed E-state index contributed by atoms with van der Waals surface area (Å²) in [5.41, 5.74) is 0. The van der Waals surface area contributed by atoms with Crippen molar-refractivity contribution in [2.24, 2.45) is 0 Å². The monoisotopic (exact) mass is 919 g/mol. The molecule has 0 radical (unpaired) electrons. The van der Waals surface area contributed by atoms with Gasteiger partial charge in [0.05, 0.1) is 0 Å². The van der Waals surface area contributed by atoms with E-state index in [9.17, 15) is 14.4 Å². The van der Waals surface area contributed by atoms with Crippen molar-refractivity contribution in [1.29, 1.82) is 0 Å². The van der Waals surface area contributed by atoms with Gasteiger partial charge in [0.2, 0.25) is 0 Å². The number of unbranched alkanes of at least 4 members (excludes halogenated alkanes) is 26. The maximum atomic E-state index is 12.8. The zero-order valence-corrected chi connectivity index (χ0v) is 43.2. The van der Waals surface area contributed by atoms with E-state index in [0.29, 0.717) is 19.3 Å². The second-order valence-corrected chi connectivity index (χ2v) is 18.2. The first-order valence-electron chi connectivity index (χ1n) is 27.6. The van der Waals surface area contributed by atoms with Crippen molar-refractivity contribution in [1.82, 2.24) is 0 Å². The highest BCUT2D eigenvalue weighted by Gasteiger charge is 2.19. The summed E-state index contributed by atoms with van der Waals surface area (Å²) in [7, 11) is 0. The van der Waals surface area contributed by atoms with Crippen LogP contribution in [0, 0.1) is 0 Å². The van der Waals surface area contributed by atoms with Crippen molar-refractivity contribution in [2.75, 3.05) is 13.2 Å². The van der Waals surface area contributed by atoms with Crippen molar-refractivity contribution < 1.29 is 28.6 Å². The van der Waals surface area contributed by atoms with Gasteiger partial charge in [-0.2, -0.15) is 0 Å². The Labute approximate surface area is 407 Å². The molecular weight excluding hydrogens is 817 g/mol. The first-order valence-corrected chi connectivity index (χ1v) is 27.6. The Kier molecular flexibility index (Phi) is 51.4. The van der Waals surface area contributed by atoms with E-state index in [1.165, 1.54) is 116 Å². The van der Waals surface area contributed by atoms with E-state index in [2.05, 4.69) is 106 Å². The van der Waals surface area contributed by atoms with Crippen LogP contribution in [0.4, 0.5) is 0 Å². The zero-order chi connectivity index (χ0) is 47.9. The Morgan fingerprint density at radius 1 is 0.333 bits per heavy atom. The van der Waals surface area contributed by atoms with Gasteiger partial charge in [0.15, 0.2) is 6.10 Å². The van der Waals surface area contributed by atoms with Gasteiger partial charge >= 0.3 is 17.9 Å². The van der Waals surface area contributed by atoms with Crippen LogP contribution >= 0.6 is 0 Å². The molecule has 378 valence electrons. The summed E-state index contributed by atoms with van der Waals surface area (Å²) >= 11 is 0. The minimum atomic E-state index is -0.815. The average molecular weight is 919 g/mol. The number of hydrogen-bond acceptors (Lipinski definition) is 6. The molecule has 6 nitrogen and oxygen atoms in total. The molecule has 0 aromatic carbocycles. The molecule has 0 N–H and O–H groups in total. The van der Waals surface area contributed by atoms with Gasteiger partial charge in [0.25, 0.3) is 0 Å². The Bertz CT molecular complexity index is 1290. The number of carbonyl (C=O) groups excluding carboxylic acids is 3. The van der Waals surface area contributed by atoms with Gasteiger partial charge in [-0.25, -0.2) is 0 Å². The standard InChI is InChI=1S/C60H102O6/c1-4-7-10-13-16-19-22-25-27-29-31-32-35-38-41-44-47-50-53-59(62)65-56-57(55-64-58(61)52-49-46-43-40-37-34-24-21-18-15-12-9-6-3)66-60(63)54-51-48-45-42-39-36-33-30-28-26-23-20-17-14-11-8-5-2/h9,12,15,18,21,24,26,28,31-33,36,42,45,57H,4-8,10-11,13-14,16-17,19-20,22-23,25,27,29-30,34-35,37-41,43-44,46-56H2,1-3H3/b12-9+,18-15+,24-21+,28-26+,32-31+,36-33+,45-42+. The first-order chi connectivity index (χ1) is 32.5. The Hall–Kier alpha value is -3.41. The molecule has 0 aromatic rings. The lowest BCUT2D eigenvalue weighted by Gasteiger charge is -2.18. The molecule has 0 aromatic heterocycles. The fourth-order valence-corrected chi connectivity index (χ4v) is 7.51. The van der Waals surface area contributed by atoms with E-state index in [-0.39, 0.29) is 37.5 Å². The third-order valence-corrected chi connectivity index (χ3v) is 11.7. The van der Waals surface area contributed by atoms with Crippen molar-refractivity contribution in [3.05, 3.63) is 85.1 Å². The lowest BCUT2D eigenvalue weighted by atomic mass is 10.1. The predicted molar refractivity (Wildman–Crippen MR) is 284 cm³/mol. The van der Waals surface area contributed by atoms with Gasteiger partial charge in [-0.05, 0) is 96.3 Å². The molecule has 0 heterocycles. The van der Waals surface area contributed by atoms with Crippen LogP contribution in [0.5, 0.6) is 0 Å². The van der Waals surface area contributed by atoms with Gasteiger partial charge in [0.1, 0.15) is 13.2 Å². The molecule has 0 bridgehead atoms. The van der Waals surface area contributed by atoms with Crippen molar-refractivity contribution >= 4 is 17.9 Å². The van der Waals surface area contributed by atoms with Crippen LogP contribution in [0.25, 0.3) is 0 Å². The zero-order valence-electron chi connectivity index (χ0n) is 43.2. The predicted octanol–water partition coefficient (Wildman–Crippen LogP) is 18.4. The van der Waals surface area contributed by atoms with Crippen molar-refractivity contribution in [3.63, 3.8) is 0 Å². The number of hydrogen-bond donors (Lipinski definition) is 0. The van der Waals surface area contributed by atoms with Gasteiger partial charge in [-0.1, -0.05) is 228 Å². The highest BCUT2D eigenvalue weighted by molar-refractivity contribution is 5.71. The molecule has 0 saturated carbocycles. The molecule has 0 aliphatic rings. The van der Waals surface area contributed by atoms with E-state index >= 15 is 0 Å². The van der Waals surface area contributed by atoms with Gasteiger partial charge < -0.3 is 14.2 Å². The van der Waals surface area contributed by atoms with Gasteiger partial charge in [-0.15, -0.1) is 0 Å². The second-order valence-electron chi connectivity index (χ2n) is 18.2. The first kappa shape index (κ1) is 62.6. The van der Waals surface area contributed by atoms with E-state index in [1.54, 1.807) is 0 Å². The molecule has 0 aliphatic heterocycles. The lowest BCUT2D eigenvalue weighted by Crippen LogP contribution is -2.30. The average Bonchev–Trinajstić information content (AvgIpc) is 3.31. The highest BCUT2D eigenvalue weighted by Crippen LogP contribution is 2.14. The van der Waals surface area contributed by atoms with E-state index in [1.807, 2.05) is 0 Å². The number of ether oxygens (including phenoxy) is 3. The summed E-state index contributed by atoms with van der Waals surface area (Å²) in [6.07, 6.45) is 70.1. The second kappa shape index (κ2) is 54.2. The molecule has 1 unspecified atom stereocenters. The van der Waals surface area contributed by atoms with Gasteiger partial charge in [-0.3, -0.25) is 14.4 Å². The molecule has 0 spiro atoms. The SMILES string of the molecule is CC/C=C/C=C/C=C/CCCCCCCC(=O)OCC(COC(=O)CCCCCCC/C=C/CCCCCCCCCCC)OC(=O)CCC/C=C/C/C=C/C/C=C/CCCCCCCC. The summed E-state index contributed by atoms with van der Waals surface area (Å²) < 4.78 is 16.8. The molecule has 0 fully saturated rings. The van der Waals surface area contributed by atoms with E-state index in [0.717, 1.165) is 96.3 Å². The normalized spacial score (nSPS) is 12.7. The minimum Gasteiger partial charge on any atom is -0.462 e. The fourth-order valence-electron chi connectivity index (χ4n) is 7.51. The Balaban J connectivity index is 4.48. The Morgan fingerprint density at radius 3 is 1.11 bits per heavy atom. The largest absolute Gasteiger partial charge is 0.462 e. The molecule has 0 aliphatic carbocycles. The molecule has 0 rings (SSSR count). The topological polar surface area (TPSA) is 78.9 Å². The smallest absolute Gasteiger partial charge is 0.306 e. The lowest BCUT2D eigenvalue weighted by molar-refractivity contribution is -0.167. The maximum Gasteiger partial charge on any atom is 0.306 e. The van der Waals surface area contributed by atoms with Crippen LogP contribution < -0.4 is 0 Å². The Morgan fingerprint density at radius 2 is 0.667 bits per heavy atom. The molecule has 0 saturated heterocycles. The maximum absolute atomic E-state index is 12.8. The van der Waals surface area contributed by atoms with Crippen LogP contribution in [0.1, 0.15) is 258 Å². The number of carbonyl (C=O) groups is 3. The summed E-state index contributed by atoms with van der Waals surface area (Å²) in [4.78, 5) is 38.0. The van der Waals surface area contributed by atoms with Crippen LogP contribution in [-0.2, 0) is 28.6 Å². The number of rotatable bonds is 49. The molecular formula is C60H102O6. The van der Waals surface area contributed by atoms with E-state index < -0.39 is 6.10 Å². The fraction of sp³-hybridized carbons (Fsp3) is 0.717. The summed E-state index contributed by atoms with van der Waals surface area (Å²) in [5, 5.41) is 0. The van der Waals surface area contributed by atoms with Crippen LogP contribution in [0.2, 0.25) is 0 Å². The summed E-state index contributed by atoms with van der Waals surface area (Å²) in [5.74, 6) is -0.987. The minimum absolute atomic E-state index is 0.108. The van der Waals surface area contributed by atoms with Crippen molar-refractivity contribution in [2.45, 2.75) is 264 Å². The third-order valence-electron chi connectivity index (χ3n) is 11.7. The molecule has 0 amide bonds. The van der Waals surface area contributed by atoms with Crippen molar-refractivity contribution in [3.8, 4) is 0 Å². The summed E-state index contributed by atoms with van der Waals surface area (Å²) in [6.45, 7) is 6.44. The molecule has 66 heavy (non-hydrogen) atoms. The van der Waals surface area contributed by atoms with Gasteiger partial charge in [0, 0.05) is 19.3 Å².